The predicted octanol–water partition coefficient (Wildman–Crippen LogP) is 5.35. The van der Waals surface area contributed by atoms with Gasteiger partial charge >= 0.3 is 0 Å². The molecule has 0 spiro atoms. The lowest BCUT2D eigenvalue weighted by atomic mass is 10.1. The molecule has 0 radical (unpaired) electrons. The molecular formula is C24H17F2NO4. The van der Waals surface area contributed by atoms with E-state index in [0.717, 1.165) is 0 Å². The van der Waals surface area contributed by atoms with Crippen LogP contribution in [-0.4, -0.2) is 17.8 Å². The lowest BCUT2D eigenvalue weighted by molar-refractivity contribution is -0.122. The average molecular weight is 421 g/mol. The second-order valence-corrected chi connectivity index (χ2v) is 6.82. The van der Waals surface area contributed by atoms with E-state index in [4.69, 9.17) is 9.15 Å². The predicted molar refractivity (Wildman–Crippen MR) is 111 cm³/mol. The van der Waals surface area contributed by atoms with Gasteiger partial charge in [0.15, 0.2) is 23.4 Å². The number of para-hydroxylation sites is 2. The van der Waals surface area contributed by atoms with Crippen LogP contribution in [0.3, 0.4) is 0 Å². The molecular weight excluding hydrogens is 404 g/mol. The topological polar surface area (TPSA) is 68.5 Å². The van der Waals surface area contributed by atoms with Crippen molar-refractivity contribution in [3.05, 3.63) is 95.8 Å². The molecule has 0 aliphatic rings. The Morgan fingerprint density at radius 3 is 2.35 bits per heavy atom. The molecule has 0 aliphatic heterocycles. The Labute approximate surface area is 176 Å². The van der Waals surface area contributed by atoms with Crippen LogP contribution in [0.2, 0.25) is 0 Å². The first-order valence-electron chi connectivity index (χ1n) is 9.48. The molecule has 156 valence electrons. The van der Waals surface area contributed by atoms with Crippen molar-refractivity contribution in [3.8, 4) is 5.75 Å². The average Bonchev–Trinajstić information content (AvgIpc) is 3.13. The van der Waals surface area contributed by atoms with Gasteiger partial charge in [-0.3, -0.25) is 9.59 Å². The summed E-state index contributed by atoms with van der Waals surface area (Å²) in [5, 5.41) is 3.17. The summed E-state index contributed by atoms with van der Waals surface area (Å²) in [6.07, 6.45) is -1.06. The van der Waals surface area contributed by atoms with Gasteiger partial charge in [-0.25, -0.2) is 8.78 Å². The van der Waals surface area contributed by atoms with Crippen LogP contribution in [-0.2, 0) is 4.79 Å². The molecule has 4 rings (SSSR count). The smallest absolute Gasteiger partial charge is 0.265 e. The van der Waals surface area contributed by atoms with Crippen LogP contribution in [0.1, 0.15) is 23.0 Å². The summed E-state index contributed by atoms with van der Waals surface area (Å²) in [4.78, 5) is 25.8. The number of carbonyl (C=O) groups excluding carboxylic acids is 2. The molecule has 5 nitrogen and oxygen atoms in total. The second kappa shape index (κ2) is 8.39. The number of carbonyl (C=O) groups is 2. The maximum absolute atomic E-state index is 13.8. The summed E-state index contributed by atoms with van der Waals surface area (Å²) in [5.74, 6) is -2.35. The maximum atomic E-state index is 13.8. The molecule has 0 fully saturated rings. The first kappa shape index (κ1) is 20.3. The van der Waals surface area contributed by atoms with Crippen LogP contribution in [0.25, 0.3) is 11.0 Å². The standard InChI is InChI=1S/C24H17F2NO4/c1-14(30-20-9-5-3-7-18(20)26)24(29)27-21-17-6-2-4-8-19(17)31-23(21)22(28)15-10-12-16(25)13-11-15/h2-14H,1H3,(H,27,29). The van der Waals surface area contributed by atoms with E-state index in [1.165, 1.54) is 49.4 Å². The van der Waals surface area contributed by atoms with Crippen molar-refractivity contribution in [2.75, 3.05) is 5.32 Å². The van der Waals surface area contributed by atoms with Crippen LogP contribution in [0.4, 0.5) is 14.5 Å². The molecule has 1 atom stereocenters. The highest BCUT2D eigenvalue weighted by molar-refractivity contribution is 6.17. The Kier molecular flexibility index (Phi) is 5.49. The molecule has 0 saturated heterocycles. The zero-order valence-corrected chi connectivity index (χ0v) is 16.4. The van der Waals surface area contributed by atoms with Gasteiger partial charge in [-0.2, -0.15) is 0 Å². The molecule has 31 heavy (non-hydrogen) atoms. The number of amides is 1. The number of benzene rings is 3. The molecule has 7 heteroatoms. The van der Waals surface area contributed by atoms with Crippen molar-refractivity contribution in [2.24, 2.45) is 0 Å². The van der Waals surface area contributed by atoms with E-state index < -0.39 is 29.4 Å². The fourth-order valence-electron chi connectivity index (χ4n) is 3.07. The van der Waals surface area contributed by atoms with Crippen molar-refractivity contribution in [3.63, 3.8) is 0 Å². The van der Waals surface area contributed by atoms with Gasteiger partial charge in [0.05, 0.1) is 5.69 Å². The van der Waals surface area contributed by atoms with E-state index in [9.17, 15) is 18.4 Å². The molecule has 1 aromatic heterocycles. The molecule has 1 N–H and O–H groups in total. The van der Waals surface area contributed by atoms with Gasteiger partial charge in [0.25, 0.3) is 5.91 Å². The lowest BCUT2D eigenvalue weighted by Gasteiger charge is -2.15. The minimum absolute atomic E-state index is 0.0650. The monoisotopic (exact) mass is 421 g/mol. The number of ketones is 1. The second-order valence-electron chi connectivity index (χ2n) is 6.82. The third-order valence-corrected chi connectivity index (χ3v) is 4.67. The van der Waals surface area contributed by atoms with Gasteiger partial charge in [0, 0.05) is 10.9 Å². The van der Waals surface area contributed by atoms with Crippen molar-refractivity contribution in [1.82, 2.24) is 0 Å². The van der Waals surface area contributed by atoms with E-state index >= 15 is 0 Å². The third kappa shape index (κ3) is 4.16. The number of furan rings is 1. The van der Waals surface area contributed by atoms with Crippen LogP contribution >= 0.6 is 0 Å². The zero-order chi connectivity index (χ0) is 22.0. The molecule has 1 unspecified atom stereocenters. The van der Waals surface area contributed by atoms with Gasteiger partial charge in [-0.15, -0.1) is 0 Å². The Balaban J connectivity index is 1.65. The third-order valence-electron chi connectivity index (χ3n) is 4.67. The summed E-state index contributed by atoms with van der Waals surface area (Å²) in [7, 11) is 0. The Bertz CT molecular complexity index is 1260. The minimum atomic E-state index is -1.06. The first-order chi connectivity index (χ1) is 14.9. The van der Waals surface area contributed by atoms with E-state index in [-0.39, 0.29) is 22.8 Å². The van der Waals surface area contributed by atoms with E-state index in [1.807, 2.05) is 0 Å². The van der Waals surface area contributed by atoms with Gasteiger partial charge in [-0.05, 0) is 55.5 Å². The zero-order valence-electron chi connectivity index (χ0n) is 16.4. The molecule has 3 aromatic carbocycles. The molecule has 4 aromatic rings. The van der Waals surface area contributed by atoms with Crippen molar-refractivity contribution >= 4 is 28.3 Å². The van der Waals surface area contributed by atoms with E-state index in [0.29, 0.717) is 11.0 Å². The Morgan fingerprint density at radius 2 is 1.61 bits per heavy atom. The summed E-state index contributed by atoms with van der Waals surface area (Å²) >= 11 is 0. The maximum Gasteiger partial charge on any atom is 0.265 e. The number of rotatable bonds is 6. The first-order valence-corrected chi connectivity index (χ1v) is 9.48. The molecule has 0 saturated carbocycles. The quantitative estimate of drug-likeness (QED) is 0.426. The fraction of sp³-hybridized carbons (Fsp3) is 0.0833. The van der Waals surface area contributed by atoms with Crippen LogP contribution in [0.15, 0.2) is 77.2 Å². The van der Waals surface area contributed by atoms with E-state index in [2.05, 4.69) is 5.32 Å². The number of hydrogen-bond donors (Lipinski definition) is 1. The summed E-state index contributed by atoms with van der Waals surface area (Å²) < 4.78 is 38.2. The largest absolute Gasteiger partial charge is 0.478 e. The summed E-state index contributed by atoms with van der Waals surface area (Å²) in [6.45, 7) is 1.46. The highest BCUT2D eigenvalue weighted by Crippen LogP contribution is 2.33. The summed E-state index contributed by atoms with van der Waals surface area (Å²) in [5.41, 5.74) is 0.761. The summed E-state index contributed by atoms with van der Waals surface area (Å²) in [6, 6.07) is 17.6. The highest BCUT2D eigenvalue weighted by Gasteiger charge is 2.25. The van der Waals surface area contributed by atoms with Gasteiger partial charge in [-0.1, -0.05) is 24.3 Å². The fourth-order valence-corrected chi connectivity index (χ4v) is 3.07. The number of anilines is 1. The van der Waals surface area contributed by atoms with Gasteiger partial charge < -0.3 is 14.5 Å². The van der Waals surface area contributed by atoms with Crippen LogP contribution in [0.5, 0.6) is 5.75 Å². The molecule has 0 aliphatic carbocycles. The molecule has 0 bridgehead atoms. The van der Waals surface area contributed by atoms with Crippen molar-refractivity contribution < 1.29 is 27.5 Å². The normalized spacial score (nSPS) is 11.8. The SMILES string of the molecule is CC(Oc1ccccc1F)C(=O)Nc1c(C(=O)c2ccc(F)cc2)oc2ccccc12. The van der Waals surface area contributed by atoms with Crippen LogP contribution in [0, 0.1) is 11.6 Å². The number of hydrogen-bond acceptors (Lipinski definition) is 4. The van der Waals surface area contributed by atoms with Gasteiger partial charge in [0.2, 0.25) is 5.78 Å². The lowest BCUT2D eigenvalue weighted by Crippen LogP contribution is -2.30. The number of nitrogens with one attached hydrogen (secondary N) is 1. The van der Waals surface area contributed by atoms with Crippen molar-refractivity contribution in [1.29, 1.82) is 0 Å². The highest BCUT2D eigenvalue weighted by atomic mass is 19.1. The minimum Gasteiger partial charge on any atom is -0.478 e. The molecule has 1 amide bonds. The van der Waals surface area contributed by atoms with Crippen LogP contribution < -0.4 is 10.1 Å². The number of fused-ring (bicyclic) bond motifs is 1. The number of halogens is 2. The van der Waals surface area contributed by atoms with E-state index in [1.54, 1.807) is 30.3 Å². The Morgan fingerprint density at radius 1 is 0.935 bits per heavy atom. The molecule has 1 heterocycles. The Hall–Kier alpha value is -4.00. The van der Waals surface area contributed by atoms with Crippen molar-refractivity contribution in [2.45, 2.75) is 13.0 Å². The van der Waals surface area contributed by atoms with Gasteiger partial charge in [0.1, 0.15) is 11.4 Å². The number of ether oxygens (including phenoxy) is 1.